The molecule has 1 atom stereocenters. The van der Waals surface area contributed by atoms with Crippen LogP contribution in [0.4, 0.5) is 13.2 Å². The van der Waals surface area contributed by atoms with Crippen LogP contribution in [0.25, 0.3) is 0 Å². The number of amides is 1. The Morgan fingerprint density at radius 3 is 2.21 bits per heavy atom. The topological polar surface area (TPSA) is 104 Å². The molecule has 0 aromatic rings. The van der Waals surface area contributed by atoms with Gasteiger partial charge in [-0.05, 0) is 6.92 Å². The molecule has 0 heterocycles. The molecule has 0 aromatic carbocycles. The van der Waals surface area contributed by atoms with E-state index in [9.17, 15) is 27.3 Å². The van der Waals surface area contributed by atoms with Crippen LogP contribution in [0.1, 0.15) is 6.92 Å². The average molecular weight is 325 g/mol. The van der Waals surface area contributed by atoms with Crippen LogP contribution >= 0.6 is 20.2 Å². The van der Waals surface area contributed by atoms with Gasteiger partial charge in [-0.1, -0.05) is 0 Å². The van der Waals surface area contributed by atoms with Crippen LogP contribution in [-0.2, 0) is 18.9 Å². The molecule has 0 spiro atoms. The number of halogens is 3. The molecule has 12 heteroatoms. The van der Waals surface area contributed by atoms with Crippen LogP contribution in [0.3, 0.4) is 0 Å². The van der Waals surface area contributed by atoms with Crippen molar-refractivity contribution in [3.8, 4) is 0 Å². The van der Waals surface area contributed by atoms with Crippen molar-refractivity contribution in [3.05, 3.63) is 0 Å². The number of nitrogens with zero attached hydrogens (tertiary/aromatic N) is 1. The maximum absolute atomic E-state index is 12.3. The van der Waals surface area contributed by atoms with Crippen molar-refractivity contribution in [2.75, 3.05) is 13.2 Å². The molecule has 1 amide bonds. The summed E-state index contributed by atoms with van der Waals surface area (Å²) in [5.41, 5.74) is 0. The highest BCUT2D eigenvalue weighted by atomic mass is 32.1. The van der Waals surface area contributed by atoms with Crippen LogP contribution in [0.2, 0.25) is 0 Å². The lowest BCUT2D eigenvalue weighted by Crippen LogP contribution is -2.47. The summed E-state index contributed by atoms with van der Waals surface area (Å²) in [6, 6.07) is 0. The Balaban J connectivity index is 5.22. The molecule has 2 N–H and O–H groups in total. The summed E-state index contributed by atoms with van der Waals surface area (Å²) in [5, 5.41) is -2.40. The van der Waals surface area contributed by atoms with E-state index in [1.165, 1.54) is 6.92 Å². The molecule has 7 nitrogen and oxygen atoms in total. The molecular weight excluding hydrogens is 314 g/mol. The minimum Gasteiger partial charge on any atom is -0.465 e. The second kappa shape index (κ2) is 6.60. The standard InChI is InChI=1S/C7H11F3NO6PS/c1-2-17-4(12)3-11(5(13)7(8,9)10)6(19)18(14,15)16/h6,19H,2-3H2,1H3,(H2,14,15,16). The maximum atomic E-state index is 12.3. The highest BCUT2D eigenvalue weighted by Gasteiger charge is 2.48. The molecule has 0 rings (SSSR count). The molecule has 1 unspecified atom stereocenters. The first-order valence-electron chi connectivity index (χ1n) is 4.68. The lowest BCUT2D eigenvalue weighted by Gasteiger charge is -2.28. The fourth-order valence-corrected chi connectivity index (χ4v) is 1.68. The second-order valence-corrected chi connectivity index (χ2v) is 5.74. The van der Waals surface area contributed by atoms with Crippen LogP contribution in [0.5, 0.6) is 0 Å². The molecule has 0 fully saturated rings. The van der Waals surface area contributed by atoms with Gasteiger partial charge < -0.3 is 19.4 Å². The first-order valence-corrected chi connectivity index (χ1v) is 6.87. The van der Waals surface area contributed by atoms with Crippen molar-refractivity contribution in [2.24, 2.45) is 0 Å². The van der Waals surface area contributed by atoms with Gasteiger partial charge in [0.15, 0.2) is 5.11 Å². The zero-order chi connectivity index (χ0) is 15.4. The Morgan fingerprint density at radius 2 is 1.89 bits per heavy atom. The molecule has 19 heavy (non-hydrogen) atoms. The third-order valence-electron chi connectivity index (χ3n) is 1.69. The van der Waals surface area contributed by atoms with Gasteiger partial charge in [-0.2, -0.15) is 13.2 Å². The monoisotopic (exact) mass is 325 g/mol. The molecule has 0 aliphatic carbocycles. The van der Waals surface area contributed by atoms with E-state index in [-0.39, 0.29) is 11.5 Å². The zero-order valence-electron chi connectivity index (χ0n) is 9.49. The Labute approximate surface area is 111 Å². The van der Waals surface area contributed by atoms with Crippen LogP contribution < -0.4 is 0 Å². The van der Waals surface area contributed by atoms with E-state index in [1.54, 1.807) is 0 Å². The summed E-state index contributed by atoms with van der Waals surface area (Å²) >= 11 is 3.25. The minimum atomic E-state index is -5.40. The van der Waals surface area contributed by atoms with Crippen molar-refractivity contribution in [2.45, 2.75) is 18.2 Å². The van der Waals surface area contributed by atoms with Gasteiger partial charge in [0.25, 0.3) is 0 Å². The zero-order valence-corrected chi connectivity index (χ0v) is 11.3. The maximum Gasteiger partial charge on any atom is 0.471 e. The summed E-state index contributed by atoms with van der Waals surface area (Å²) < 4.78 is 51.9. The quantitative estimate of drug-likeness (QED) is 0.291. The van der Waals surface area contributed by atoms with Gasteiger partial charge in [-0.15, -0.1) is 12.6 Å². The number of carbonyl (C=O) groups is 2. The Morgan fingerprint density at radius 1 is 1.42 bits per heavy atom. The average Bonchev–Trinajstić information content (AvgIpc) is 2.21. The summed E-state index contributed by atoms with van der Waals surface area (Å²) in [6.07, 6.45) is -5.40. The predicted molar refractivity (Wildman–Crippen MR) is 59.2 cm³/mol. The SMILES string of the molecule is CCOC(=O)CN(C(=O)C(F)(F)F)C(S)P(=O)(O)O. The summed E-state index contributed by atoms with van der Waals surface area (Å²) in [4.78, 5) is 39.1. The Kier molecular flexibility index (Phi) is 6.33. The number of thiol groups is 1. The van der Waals surface area contributed by atoms with Gasteiger partial charge >= 0.3 is 25.6 Å². The van der Waals surface area contributed by atoms with E-state index < -0.39 is 37.3 Å². The number of hydrogen-bond donors (Lipinski definition) is 3. The van der Waals surface area contributed by atoms with Crippen LogP contribution in [0.15, 0.2) is 0 Å². The number of carbonyl (C=O) groups excluding carboxylic acids is 2. The normalized spacial score (nSPS) is 13.8. The van der Waals surface area contributed by atoms with Gasteiger partial charge in [-0.3, -0.25) is 14.2 Å². The van der Waals surface area contributed by atoms with Crippen molar-refractivity contribution in [1.82, 2.24) is 4.90 Å². The Hall–Kier alpha value is -0.770. The number of ether oxygens (including phenoxy) is 1. The highest BCUT2D eigenvalue weighted by molar-refractivity contribution is 7.89. The fourth-order valence-electron chi connectivity index (χ4n) is 0.948. The van der Waals surface area contributed by atoms with Crippen LogP contribution in [0, 0.1) is 0 Å². The molecule has 0 radical (unpaired) electrons. The summed E-state index contributed by atoms with van der Waals surface area (Å²) in [6.45, 7) is -0.0690. The summed E-state index contributed by atoms with van der Waals surface area (Å²) in [5.74, 6) is -3.84. The Bertz CT molecular complexity index is 397. The highest BCUT2D eigenvalue weighted by Crippen LogP contribution is 2.45. The predicted octanol–water partition coefficient (Wildman–Crippen LogP) is 0.331. The van der Waals surface area contributed by atoms with E-state index in [2.05, 4.69) is 17.4 Å². The van der Waals surface area contributed by atoms with E-state index in [0.29, 0.717) is 0 Å². The van der Waals surface area contributed by atoms with Gasteiger partial charge in [0.05, 0.1) is 6.61 Å². The molecule has 0 aliphatic rings. The summed E-state index contributed by atoms with van der Waals surface area (Å²) in [7, 11) is -5.15. The minimum absolute atomic E-state index is 0.167. The first-order chi connectivity index (χ1) is 8.41. The van der Waals surface area contributed by atoms with Crippen molar-refractivity contribution in [1.29, 1.82) is 0 Å². The third-order valence-corrected chi connectivity index (χ3v) is 3.75. The van der Waals surface area contributed by atoms with Crippen molar-refractivity contribution in [3.63, 3.8) is 0 Å². The lowest BCUT2D eigenvalue weighted by atomic mass is 10.5. The van der Waals surface area contributed by atoms with Gasteiger partial charge in [0.2, 0.25) is 0 Å². The van der Waals surface area contributed by atoms with Crippen molar-refractivity contribution >= 4 is 32.1 Å². The van der Waals surface area contributed by atoms with Gasteiger partial charge in [-0.25, -0.2) is 0 Å². The smallest absolute Gasteiger partial charge is 0.465 e. The number of esters is 1. The lowest BCUT2D eigenvalue weighted by molar-refractivity contribution is -0.186. The largest absolute Gasteiger partial charge is 0.471 e. The number of hydrogen-bond acceptors (Lipinski definition) is 5. The molecule has 112 valence electrons. The van der Waals surface area contributed by atoms with E-state index in [1.807, 2.05) is 0 Å². The first kappa shape index (κ1) is 18.2. The molecule has 0 saturated carbocycles. The van der Waals surface area contributed by atoms with Gasteiger partial charge in [0, 0.05) is 0 Å². The van der Waals surface area contributed by atoms with E-state index in [4.69, 9.17) is 9.79 Å². The van der Waals surface area contributed by atoms with E-state index in [0.717, 1.165) is 0 Å². The number of alkyl halides is 3. The molecule has 0 bridgehead atoms. The van der Waals surface area contributed by atoms with E-state index >= 15 is 0 Å². The van der Waals surface area contributed by atoms with Gasteiger partial charge in [0.1, 0.15) is 6.54 Å². The molecular formula is C7H11F3NO6PS. The molecule has 0 saturated heterocycles. The third kappa shape index (κ3) is 5.81. The number of rotatable bonds is 5. The molecule has 0 aliphatic heterocycles. The molecule has 0 aromatic heterocycles. The van der Waals surface area contributed by atoms with Crippen molar-refractivity contribution < 1.29 is 41.8 Å². The fraction of sp³-hybridized carbons (Fsp3) is 0.714. The second-order valence-electron chi connectivity index (χ2n) is 3.17. The van der Waals surface area contributed by atoms with Crippen LogP contribution in [-0.4, -0.2) is 51.0 Å².